The molecule has 3 rings (SSSR count). The van der Waals surface area contributed by atoms with Crippen molar-refractivity contribution in [1.29, 1.82) is 0 Å². The fourth-order valence-electron chi connectivity index (χ4n) is 3.06. The zero-order chi connectivity index (χ0) is 11.8. The first-order valence-corrected chi connectivity index (χ1v) is 6.27. The number of aryl methyl sites for hydroxylation is 1. The zero-order valence-electron chi connectivity index (χ0n) is 10.4. The maximum Gasteiger partial charge on any atom is 0.160 e. The van der Waals surface area contributed by atoms with Gasteiger partial charge in [-0.2, -0.15) is 0 Å². The summed E-state index contributed by atoms with van der Waals surface area (Å²) in [6.45, 7) is 5.42. The van der Waals surface area contributed by atoms with E-state index in [0.29, 0.717) is 6.04 Å². The van der Waals surface area contributed by atoms with Gasteiger partial charge in [-0.3, -0.25) is 4.98 Å². The average molecular weight is 233 g/mol. The third kappa shape index (κ3) is 1.76. The Hall–Kier alpha value is -1.29. The minimum atomic E-state index is 0.630. The monoisotopic (exact) mass is 233 g/mol. The van der Waals surface area contributed by atoms with Crippen LogP contribution in [0.4, 0.5) is 5.69 Å². The molecule has 0 unspecified atom stereocenters. The highest BCUT2D eigenvalue weighted by atomic mass is 16.5. The summed E-state index contributed by atoms with van der Waals surface area (Å²) in [6.07, 6.45) is 3.11. The highest BCUT2D eigenvalue weighted by Gasteiger charge is 2.38. The second-order valence-corrected chi connectivity index (χ2v) is 4.97. The van der Waals surface area contributed by atoms with Crippen molar-refractivity contribution < 1.29 is 4.74 Å². The SMILES string of the molecule is COc1cnc(C)cc1N1CC[C@H]2CNC[C@H]21. The van der Waals surface area contributed by atoms with Gasteiger partial charge < -0.3 is 15.0 Å². The van der Waals surface area contributed by atoms with Gasteiger partial charge in [-0.15, -0.1) is 0 Å². The van der Waals surface area contributed by atoms with Crippen LogP contribution in [-0.4, -0.2) is 37.8 Å². The van der Waals surface area contributed by atoms with Crippen molar-refractivity contribution in [1.82, 2.24) is 10.3 Å². The molecule has 4 heteroatoms. The van der Waals surface area contributed by atoms with Crippen molar-refractivity contribution in [3.05, 3.63) is 18.0 Å². The molecule has 1 aromatic heterocycles. The highest BCUT2D eigenvalue weighted by molar-refractivity contribution is 5.60. The number of pyridine rings is 1. The molecule has 0 saturated carbocycles. The summed E-state index contributed by atoms with van der Waals surface area (Å²) in [5.41, 5.74) is 2.26. The van der Waals surface area contributed by atoms with Crippen LogP contribution in [0.15, 0.2) is 12.3 Å². The zero-order valence-corrected chi connectivity index (χ0v) is 10.4. The van der Waals surface area contributed by atoms with E-state index < -0.39 is 0 Å². The van der Waals surface area contributed by atoms with Crippen LogP contribution in [0.3, 0.4) is 0 Å². The molecule has 2 fully saturated rings. The van der Waals surface area contributed by atoms with Crippen molar-refractivity contribution in [2.45, 2.75) is 19.4 Å². The van der Waals surface area contributed by atoms with Crippen molar-refractivity contribution in [3.8, 4) is 5.75 Å². The summed E-state index contributed by atoms with van der Waals surface area (Å²) in [5, 5.41) is 3.48. The number of rotatable bonds is 2. The molecule has 0 aromatic carbocycles. The number of nitrogens with zero attached hydrogens (tertiary/aromatic N) is 2. The van der Waals surface area contributed by atoms with E-state index in [1.165, 1.54) is 12.1 Å². The largest absolute Gasteiger partial charge is 0.493 e. The Bertz CT molecular complexity index is 421. The minimum Gasteiger partial charge on any atom is -0.493 e. The van der Waals surface area contributed by atoms with Crippen molar-refractivity contribution in [2.75, 3.05) is 31.6 Å². The standard InChI is InChI=1S/C13H19N3O/c1-9-5-11(13(17-2)8-15-9)16-4-3-10-6-14-7-12(10)16/h5,8,10,12,14H,3-4,6-7H2,1-2H3/t10-,12+/m0/s1. The van der Waals surface area contributed by atoms with Gasteiger partial charge in [0.05, 0.1) is 19.0 Å². The smallest absolute Gasteiger partial charge is 0.160 e. The third-order valence-corrected chi connectivity index (χ3v) is 3.96. The molecule has 3 heterocycles. The van der Waals surface area contributed by atoms with E-state index >= 15 is 0 Å². The molecule has 2 saturated heterocycles. The van der Waals surface area contributed by atoms with Gasteiger partial charge in [-0.1, -0.05) is 0 Å². The molecular formula is C13H19N3O. The molecule has 0 spiro atoms. The Kier molecular flexibility index (Phi) is 2.67. The number of ether oxygens (including phenoxy) is 1. The number of anilines is 1. The van der Waals surface area contributed by atoms with E-state index in [1.54, 1.807) is 7.11 Å². The Morgan fingerprint density at radius 2 is 2.35 bits per heavy atom. The van der Waals surface area contributed by atoms with E-state index in [1.807, 2.05) is 13.1 Å². The van der Waals surface area contributed by atoms with Gasteiger partial charge in [0.15, 0.2) is 5.75 Å². The Balaban J connectivity index is 1.95. The van der Waals surface area contributed by atoms with Gasteiger partial charge in [0.1, 0.15) is 0 Å². The van der Waals surface area contributed by atoms with Crippen LogP contribution < -0.4 is 15.0 Å². The summed E-state index contributed by atoms with van der Waals surface area (Å²) in [6, 6.07) is 2.77. The van der Waals surface area contributed by atoms with Crippen molar-refractivity contribution in [3.63, 3.8) is 0 Å². The van der Waals surface area contributed by atoms with Crippen molar-refractivity contribution in [2.24, 2.45) is 5.92 Å². The second-order valence-electron chi connectivity index (χ2n) is 4.97. The first kappa shape index (κ1) is 10.8. The predicted octanol–water partition coefficient (Wildman–Crippen LogP) is 1.20. The maximum absolute atomic E-state index is 5.44. The molecule has 0 amide bonds. The number of fused-ring (bicyclic) bond motifs is 1. The maximum atomic E-state index is 5.44. The first-order valence-electron chi connectivity index (χ1n) is 6.27. The molecule has 17 heavy (non-hydrogen) atoms. The van der Waals surface area contributed by atoms with Crippen LogP contribution in [0.2, 0.25) is 0 Å². The topological polar surface area (TPSA) is 37.4 Å². The number of nitrogens with one attached hydrogen (secondary N) is 1. The molecule has 1 N–H and O–H groups in total. The van der Waals surface area contributed by atoms with E-state index in [2.05, 4.69) is 21.3 Å². The summed E-state index contributed by atoms with van der Waals surface area (Å²) < 4.78 is 5.44. The van der Waals surface area contributed by atoms with Gasteiger partial charge in [0.2, 0.25) is 0 Å². The number of methoxy groups -OCH3 is 1. The molecule has 0 bridgehead atoms. The molecule has 2 aliphatic rings. The molecule has 1 aromatic rings. The first-order chi connectivity index (χ1) is 8.29. The van der Waals surface area contributed by atoms with Crippen LogP contribution in [-0.2, 0) is 0 Å². The summed E-state index contributed by atoms with van der Waals surface area (Å²) in [5.74, 6) is 1.69. The quantitative estimate of drug-likeness (QED) is 0.833. The van der Waals surface area contributed by atoms with Gasteiger partial charge in [0.25, 0.3) is 0 Å². The molecule has 4 nitrogen and oxygen atoms in total. The summed E-state index contributed by atoms with van der Waals surface area (Å²) in [4.78, 5) is 6.78. The number of hydrogen-bond acceptors (Lipinski definition) is 4. The van der Waals surface area contributed by atoms with Crippen LogP contribution in [0, 0.1) is 12.8 Å². The van der Waals surface area contributed by atoms with Gasteiger partial charge in [-0.05, 0) is 25.3 Å². The lowest BCUT2D eigenvalue weighted by Crippen LogP contribution is -2.34. The lowest BCUT2D eigenvalue weighted by molar-refractivity contribution is 0.411. The van der Waals surface area contributed by atoms with E-state index in [4.69, 9.17) is 4.74 Å². The molecule has 2 atom stereocenters. The predicted molar refractivity (Wildman–Crippen MR) is 67.6 cm³/mol. The molecular weight excluding hydrogens is 214 g/mol. The summed E-state index contributed by atoms with van der Waals surface area (Å²) >= 11 is 0. The minimum absolute atomic E-state index is 0.630. The van der Waals surface area contributed by atoms with Crippen molar-refractivity contribution >= 4 is 5.69 Å². The fourth-order valence-corrected chi connectivity index (χ4v) is 3.06. The third-order valence-electron chi connectivity index (χ3n) is 3.96. The lowest BCUT2D eigenvalue weighted by atomic mass is 10.1. The normalized spacial score (nSPS) is 27.3. The van der Waals surface area contributed by atoms with Crippen LogP contribution in [0.1, 0.15) is 12.1 Å². The van der Waals surface area contributed by atoms with Gasteiger partial charge >= 0.3 is 0 Å². The molecule has 2 aliphatic heterocycles. The summed E-state index contributed by atoms with van der Waals surface area (Å²) in [7, 11) is 1.72. The van der Waals surface area contributed by atoms with E-state index in [9.17, 15) is 0 Å². The number of hydrogen-bond donors (Lipinski definition) is 1. The van der Waals surface area contributed by atoms with Crippen LogP contribution in [0.5, 0.6) is 5.75 Å². The molecule has 92 valence electrons. The van der Waals surface area contributed by atoms with Gasteiger partial charge in [-0.25, -0.2) is 0 Å². The molecule has 0 radical (unpaired) electrons. The van der Waals surface area contributed by atoms with E-state index in [0.717, 1.165) is 37.0 Å². The Morgan fingerprint density at radius 3 is 3.18 bits per heavy atom. The number of aromatic nitrogens is 1. The van der Waals surface area contributed by atoms with E-state index in [-0.39, 0.29) is 0 Å². The van der Waals surface area contributed by atoms with Crippen LogP contribution >= 0.6 is 0 Å². The lowest BCUT2D eigenvalue weighted by Gasteiger charge is -2.27. The highest BCUT2D eigenvalue weighted by Crippen LogP contribution is 2.37. The molecule has 0 aliphatic carbocycles. The Morgan fingerprint density at radius 1 is 1.47 bits per heavy atom. The Labute approximate surface area is 102 Å². The van der Waals surface area contributed by atoms with Crippen LogP contribution in [0.25, 0.3) is 0 Å². The average Bonchev–Trinajstić information content (AvgIpc) is 2.90. The fraction of sp³-hybridized carbons (Fsp3) is 0.615. The van der Waals surface area contributed by atoms with Gasteiger partial charge in [0, 0.05) is 31.4 Å². The second kappa shape index (κ2) is 4.18.